The van der Waals surface area contributed by atoms with Gasteiger partial charge in [-0.25, -0.2) is 0 Å². The molecule has 0 saturated heterocycles. The van der Waals surface area contributed by atoms with Gasteiger partial charge in [-0.15, -0.1) is 0 Å². The SMILES string of the molecule is c1cc(CCNCc2ccc3c(c2)CCC3)cs1. The molecule has 2 aromatic rings. The molecule has 1 N–H and O–H groups in total. The summed E-state index contributed by atoms with van der Waals surface area (Å²) in [5, 5.41) is 7.92. The maximum Gasteiger partial charge on any atom is 0.0205 e. The molecule has 1 aromatic heterocycles. The smallest absolute Gasteiger partial charge is 0.0205 e. The van der Waals surface area contributed by atoms with Crippen LogP contribution in [0, 0.1) is 0 Å². The molecule has 0 aliphatic heterocycles. The summed E-state index contributed by atoms with van der Waals surface area (Å²) in [6, 6.07) is 9.20. The Bertz CT molecular complexity index is 502. The Morgan fingerprint density at radius 1 is 1.06 bits per heavy atom. The monoisotopic (exact) mass is 257 g/mol. The first-order chi connectivity index (χ1) is 8.92. The fourth-order valence-corrected chi connectivity index (χ4v) is 3.34. The predicted molar refractivity (Wildman–Crippen MR) is 78.2 cm³/mol. The third kappa shape index (κ3) is 2.82. The molecular weight excluding hydrogens is 238 g/mol. The Labute approximate surface area is 113 Å². The van der Waals surface area contributed by atoms with Crippen molar-refractivity contribution in [1.29, 1.82) is 0 Å². The van der Waals surface area contributed by atoms with Gasteiger partial charge in [0.1, 0.15) is 0 Å². The van der Waals surface area contributed by atoms with Crippen molar-refractivity contribution in [2.45, 2.75) is 32.2 Å². The summed E-state index contributed by atoms with van der Waals surface area (Å²) in [6.45, 7) is 2.06. The summed E-state index contributed by atoms with van der Waals surface area (Å²) in [6.07, 6.45) is 5.03. The summed E-state index contributed by atoms with van der Waals surface area (Å²) in [4.78, 5) is 0. The maximum atomic E-state index is 3.54. The third-order valence-electron chi connectivity index (χ3n) is 3.66. The largest absolute Gasteiger partial charge is 0.312 e. The number of fused-ring (bicyclic) bond motifs is 1. The van der Waals surface area contributed by atoms with Crippen molar-refractivity contribution in [3.8, 4) is 0 Å². The second-order valence-electron chi connectivity index (χ2n) is 5.01. The van der Waals surface area contributed by atoms with Crippen LogP contribution in [-0.4, -0.2) is 6.54 Å². The van der Waals surface area contributed by atoms with Crippen LogP contribution >= 0.6 is 11.3 Å². The van der Waals surface area contributed by atoms with Gasteiger partial charge < -0.3 is 5.32 Å². The molecule has 1 aromatic carbocycles. The molecule has 0 radical (unpaired) electrons. The van der Waals surface area contributed by atoms with Crippen molar-refractivity contribution in [3.05, 3.63) is 57.3 Å². The van der Waals surface area contributed by atoms with Gasteiger partial charge in [0.2, 0.25) is 0 Å². The highest BCUT2D eigenvalue weighted by atomic mass is 32.1. The zero-order valence-electron chi connectivity index (χ0n) is 10.6. The van der Waals surface area contributed by atoms with Crippen molar-refractivity contribution in [2.75, 3.05) is 6.54 Å². The van der Waals surface area contributed by atoms with Crippen LogP contribution in [0.25, 0.3) is 0 Å². The van der Waals surface area contributed by atoms with Crippen LogP contribution in [0.1, 0.15) is 28.7 Å². The first-order valence-electron chi connectivity index (χ1n) is 6.74. The molecule has 1 aliphatic rings. The zero-order valence-corrected chi connectivity index (χ0v) is 11.4. The molecule has 2 heteroatoms. The number of rotatable bonds is 5. The fraction of sp³-hybridized carbons (Fsp3) is 0.375. The Kier molecular flexibility index (Phi) is 3.77. The van der Waals surface area contributed by atoms with E-state index in [2.05, 4.69) is 40.3 Å². The minimum Gasteiger partial charge on any atom is -0.312 e. The van der Waals surface area contributed by atoms with Gasteiger partial charge in [0.25, 0.3) is 0 Å². The lowest BCUT2D eigenvalue weighted by Crippen LogP contribution is -2.16. The van der Waals surface area contributed by atoms with Crippen molar-refractivity contribution >= 4 is 11.3 Å². The highest BCUT2D eigenvalue weighted by Gasteiger charge is 2.10. The quantitative estimate of drug-likeness (QED) is 0.807. The van der Waals surface area contributed by atoms with E-state index < -0.39 is 0 Å². The van der Waals surface area contributed by atoms with Gasteiger partial charge in [0.15, 0.2) is 0 Å². The maximum absolute atomic E-state index is 3.54. The number of hydrogen-bond donors (Lipinski definition) is 1. The molecule has 0 unspecified atom stereocenters. The topological polar surface area (TPSA) is 12.0 Å². The molecule has 0 saturated carbocycles. The molecule has 94 valence electrons. The van der Waals surface area contributed by atoms with E-state index in [1.807, 2.05) is 0 Å². The molecule has 1 aliphatic carbocycles. The zero-order chi connectivity index (χ0) is 12.2. The second kappa shape index (κ2) is 5.68. The van der Waals surface area contributed by atoms with E-state index in [1.165, 1.54) is 30.4 Å². The normalized spacial score (nSPS) is 13.8. The lowest BCUT2D eigenvalue weighted by atomic mass is 10.1. The Hall–Kier alpha value is -1.12. The lowest BCUT2D eigenvalue weighted by molar-refractivity contribution is 0.687. The van der Waals surface area contributed by atoms with Crippen LogP contribution < -0.4 is 5.32 Å². The van der Waals surface area contributed by atoms with Gasteiger partial charge in [-0.1, -0.05) is 18.2 Å². The van der Waals surface area contributed by atoms with Crippen molar-refractivity contribution in [3.63, 3.8) is 0 Å². The summed E-state index contributed by atoms with van der Waals surface area (Å²) < 4.78 is 0. The van der Waals surface area contributed by atoms with Crippen LogP contribution in [0.3, 0.4) is 0 Å². The third-order valence-corrected chi connectivity index (χ3v) is 4.39. The summed E-state index contributed by atoms with van der Waals surface area (Å²) >= 11 is 1.78. The first kappa shape index (κ1) is 11.9. The molecule has 0 atom stereocenters. The number of benzene rings is 1. The van der Waals surface area contributed by atoms with Crippen molar-refractivity contribution < 1.29 is 0 Å². The first-order valence-corrected chi connectivity index (χ1v) is 7.68. The van der Waals surface area contributed by atoms with Gasteiger partial charge in [-0.3, -0.25) is 0 Å². The summed E-state index contributed by atoms with van der Waals surface area (Å²) in [7, 11) is 0. The van der Waals surface area contributed by atoms with E-state index in [4.69, 9.17) is 0 Å². The average Bonchev–Trinajstić information content (AvgIpc) is 3.05. The van der Waals surface area contributed by atoms with Crippen LogP contribution in [0.15, 0.2) is 35.0 Å². The van der Waals surface area contributed by atoms with Crippen LogP contribution in [0.5, 0.6) is 0 Å². The summed E-state index contributed by atoms with van der Waals surface area (Å²) in [5.74, 6) is 0. The minimum atomic E-state index is 0.997. The van der Waals surface area contributed by atoms with Crippen LogP contribution in [0.2, 0.25) is 0 Å². The number of nitrogens with one attached hydrogen (secondary N) is 1. The second-order valence-corrected chi connectivity index (χ2v) is 5.80. The Morgan fingerprint density at radius 3 is 2.89 bits per heavy atom. The highest BCUT2D eigenvalue weighted by molar-refractivity contribution is 7.07. The van der Waals surface area contributed by atoms with Gasteiger partial charge >= 0.3 is 0 Å². The molecule has 0 amide bonds. The van der Waals surface area contributed by atoms with E-state index in [0.717, 1.165) is 19.5 Å². The molecule has 1 heterocycles. The van der Waals surface area contributed by atoms with E-state index in [0.29, 0.717) is 0 Å². The molecule has 3 rings (SSSR count). The van der Waals surface area contributed by atoms with E-state index in [1.54, 1.807) is 22.5 Å². The van der Waals surface area contributed by atoms with E-state index in [9.17, 15) is 0 Å². The molecule has 18 heavy (non-hydrogen) atoms. The van der Waals surface area contributed by atoms with Crippen LogP contribution in [0.4, 0.5) is 0 Å². The Balaban J connectivity index is 1.48. The molecule has 0 spiro atoms. The highest BCUT2D eigenvalue weighted by Crippen LogP contribution is 2.22. The summed E-state index contributed by atoms with van der Waals surface area (Å²) in [5.41, 5.74) is 6.02. The van der Waals surface area contributed by atoms with Gasteiger partial charge in [-0.2, -0.15) is 11.3 Å². The number of thiophene rings is 1. The number of hydrogen-bond acceptors (Lipinski definition) is 2. The van der Waals surface area contributed by atoms with E-state index >= 15 is 0 Å². The van der Waals surface area contributed by atoms with Crippen molar-refractivity contribution in [1.82, 2.24) is 5.32 Å². The lowest BCUT2D eigenvalue weighted by Gasteiger charge is -2.06. The molecule has 0 fully saturated rings. The minimum absolute atomic E-state index is 0.997. The number of aryl methyl sites for hydroxylation is 2. The van der Waals surface area contributed by atoms with Gasteiger partial charge in [0, 0.05) is 6.54 Å². The van der Waals surface area contributed by atoms with Crippen molar-refractivity contribution in [2.24, 2.45) is 0 Å². The standard InChI is InChI=1S/C16H19NS/c1-2-15-5-4-14(10-16(15)3-1)11-17-8-6-13-7-9-18-12-13/h4-5,7,9-10,12,17H,1-3,6,8,11H2. The average molecular weight is 257 g/mol. The molecule has 1 nitrogen and oxygen atoms in total. The molecule has 0 bridgehead atoms. The Morgan fingerprint density at radius 2 is 2.00 bits per heavy atom. The fourth-order valence-electron chi connectivity index (χ4n) is 2.64. The van der Waals surface area contributed by atoms with E-state index in [-0.39, 0.29) is 0 Å². The molecular formula is C16H19NS. The predicted octanol–water partition coefficient (Wildman–Crippen LogP) is 3.57. The van der Waals surface area contributed by atoms with Gasteiger partial charge in [-0.05, 0) is 71.3 Å². The van der Waals surface area contributed by atoms with Gasteiger partial charge in [0.05, 0.1) is 0 Å². The van der Waals surface area contributed by atoms with Crippen LogP contribution in [-0.2, 0) is 25.8 Å².